The second-order valence-electron chi connectivity index (χ2n) is 7.46. The molecule has 9 nitrogen and oxygen atoms in total. The van der Waals surface area contributed by atoms with Crippen LogP contribution in [0.2, 0.25) is 0 Å². The largest absolute Gasteiger partial charge is 0.509 e. The third kappa shape index (κ3) is 4.61. The fourth-order valence-corrected chi connectivity index (χ4v) is 5.23. The summed E-state index contributed by atoms with van der Waals surface area (Å²) < 4.78 is 10.6. The van der Waals surface area contributed by atoms with E-state index >= 15 is 0 Å². The Morgan fingerprint density at radius 2 is 1.79 bits per heavy atom. The van der Waals surface area contributed by atoms with Crippen LogP contribution in [-0.2, 0) is 20.8 Å². The van der Waals surface area contributed by atoms with Crippen LogP contribution in [0.25, 0.3) is 0 Å². The minimum atomic E-state index is -1.40. The lowest BCUT2D eigenvalue weighted by Gasteiger charge is -2.50. The Morgan fingerprint density at radius 1 is 1.09 bits per heavy atom. The zero-order valence-electron chi connectivity index (χ0n) is 17.6. The molecular weight excluding hydrogens is 448 g/mol. The fraction of sp³-hybridized carbons (Fsp3) is 0.261. The molecule has 0 aromatic heterocycles. The van der Waals surface area contributed by atoms with E-state index in [2.05, 4.69) is 5.32 Å². The van der Waals surface area contributed by atoms with E-state index in [1.54, 1.807) is 43.5 Å². The number of aliphatic carboxylic acids is 1. The third-order valence-corrected chi connectivity index (χ3v) is 6.83. The molecule has 2 aromatic rings. The smallest absolute Gasteiger partial charge is 0.356 e. The molecule has 2 heterocycles. The van der Waals surface area contributed by atoms with E-state index in [1.165, 1.54) is 11.8 Å². The van der Waals surface area contributed by atoms with Crippen molar-refractivity contribution in [3.8, 4) is 11.5 Å². The van der Waals surface area contributed by atoms with Crippen molar-refractivity contribution >= 4 is 29.5 Å². The molecule has 0 aliphatic carbocycles. The summed E-state index contributed by atoms with van der Waals surface area (Å²) in [6, 6.07) is 15.1. The third-order valence-electron chi connectivity index (χ3n) is 5.35. The predicted molar refractivity (Wildman–Crippen MR) is 120 cm³/mol. The van der Waals surface area contributed by atoms with E-state index in [-0.39, 0.29) is 12.4 Å². The lowest BCUT2D eigenvalue weighted by molar-refractivity contribution is -0.151. The number of hydrogen-bond donors (Lipinski definition) is 3. The molecule has 3 atom stereocenters. The highest BCUT2D eigenvalue weighted by Gasteiger charge is 2.56. The quantitative estimate of drug-likeness (QED) is 0.500. The molecule has 2 aromatic carbocycles. The summed E-state index contributed by atoms with van der Waals surface area (Å²) in [5.74, 6) is -1.67. The van der Waals surface area contributed by atoms with Crippen molar-refractivity contribution in [3.63, 3.8) is 0 Å². The second-order valence-corrected chi connectivity index (χ2v) is 8.79. The van der Waals surface area contributed by atoms with Crippen LogP contribution in [-0.4, -0.2) is 63.3 Å². The van der Waals surface area contributed by atoms with E-state index in [4.69, 9.17) is 9.47 Å². The molecule has 33 heavy (non-hydrogen) atoms. The van der Waals surface area contributed by atoms with Crippen LogP contribution in [0.15, 0.2) is 66.1 Å². The first-order valence-electron chi connectivity index (χ1n) is 10.1. The number of rotatable bonds is 8. The number of carbonyl (C=O) groups excluding carboxylic acids is 2. The Morgan fingerprint density at radius 3 is 2.42 bits per heavy atom. The van der Waals surface area contributed by atoms with Gasteiger partial charge in [-0.2, -0.15) is 0 Å². The molecule has 2 amide bonds. The minimum Gasteiger partial charge on any atom is -0.509 e. The summed E-state index contributed by atoms with van der Waals surface area (Å²) in [5.41, 5.74) is 0.411. The highest BCUT2D eigenvalue weighted by atomic mass is 32.2. The van der Waals surface area contributed by atoms with Crippen molar-refractivity contribution < 1.29 is 34.1 Å². The number of carbonyl (C=O) groups is 3. The summed E-state index contributed by atoms with van der Waals surface area (Å²) in [5, 5.41) is 21.6. The number of amides is 2. The number of nitrogens with one attached hydrogen (secondary N) is 1. The number of thioether (sulfide) groups is 1. The minimum absolute atomic E-state index is 0.284. The number of methoxy groups -OCH3 is 1. The topological polar surface area (TPSA) is 125 Å². The van der Waals surface area contributed by atoms with E-state index in [1.807, 2.05) is 18.2 Å². The summed E-state index contributed by atoms with van der Waals surface area (Å²) in [7, 11) is 1.56. The summed E-state index contributed by atoms with van der Waals surface area (Å²) in [6.45, 7) is -0.284. The van der Waals surface area contributed by atoms with Gasteiger partial charge in [0.05, 0.1) is 12.4 Å². The molecular formula is C23H22N2O7S. The van der Waals surface area contributed by atoms with Gasteiger partial charge in [-0.15, -0.1) is 11.8 Å². The molecule has 4 rings (SSSR count). The van der Waals surface area contributed by atoms with E-state index in [0.29, 0.717) is 17.9 Å². The first kappa shape index (κ1) is 22.5. The molecule has 0 spiro atoms. The first-order chi connectivity index (χ1) is 15.9. The number of para-hydroxylation sites is 1. The SMILES string of the molecule is COc1ccc(CC2S[C@@H]3C(NC(=O)COc4ccccc4)C(=O)N3C(C(=O)O)=C2O)cc1. The number of carboxylic acid groups (broad SMARTS) is 1. The number of fused-ring (bicyclic) bond motifs is 1. The van der Waals surface area contributed by atoms with Crippen LogP contribution in [0.4, 0.5) is 0 Å². The average Bonchev–Trinajstić information content (AvgIpc) is 2.83. The zero-order valence-corrected chi connectivity index (χ0v) is 18.5. The monoisotopic (exact) mass is 470 g/mol. The molecule has 172 valence electrons. The van der Waals surface area contributed by atoms with Gasteiger partial charge in [-0.3, -0.25) is 14.5 Å². The van der Waals surface area contributed by atoms with Crippen molar-refractivity contribution in [2.45, 2.75) is 23.1 Å². The van der Waals surface area contributed by atoms with Gasteiger partial charge < -0.3 is 25.0 Å². The van der Waals surface area contributed by atoms with E-state index in [0.717, 1.165) is 10.5 Å². The molecule has 3 N–H and O–H groups in total. The number of hydrogen-bond acceptors (Lipinski definition) is 7. The molecule has 0 bridgehead atoms. The Bertz CT molecular complexity index is 1090. The van der Waals surface area contributed by atoms with Crippen molar-refractivity contribution in [1.29, 1.82) is 0 Å². The number of aliphatic hydroxyl groups is 1. The van der Waals surface area contributed by atoms with Gasteiger partial charge in [0.15, 0.2) is 12.3 Å². The normalized spacial score (nSPS) is 21.7. The number of nitrogens with zero attached hydrogens (tertiary/aromatic N) is 1. The number of ether oxygens (including phenoxy) is 2. The predicted octanol–water partition coefficient (Wildman–Crippen LogP) is 1.94. The van der Waals surface area contributed by atoms with Crippen molar-refractivity contribution in [2.24, 2.45) is 0 Å². The van der Waals surface area contributed by atoms with Crippen LogP contribution < -0.4 is 14.8 Å². The van der Waals surface area contributed by atoms with Crippen LogP contribution >= 0.6 is 11.8 Å². The molecule has 2 aliphatic heterocycles. The van der Waals surface area contributed by atoms with Gasteiger partial charge in [-0.1, -0.05) is 30.3 Å². The molecule has 1 fully saturated rings. The Kier molecular flexibility index (Phi) is 6.45. The highest BCUT2D eigenvalue weighted by molar-refractivity contribution is 8.00. The van der Waals surface area contributed by atoms with Crippen LogP contribution in [0, 0.1) is 0 Å². The van der Waals surface area contributed by atoms with Gasteiger partial charge in [0.25, 0.3) is 11.8 Å². The van der Waals surface area contributed by atoms with Crippen molar-refractivity contribution in [1.82, 2.24) is 10.2 Å². The average molecular weight is 471 g/mol. The number of aliphatic hydroxyl groups excluding tert-OH is 1. The number of β-lactam (4-membered cyclic amide) rings is 1. The lowest BCUT2D eigenvalue weighted by Crippen LogP contribution is -2.71. The maximum Gasteiger partial charge on any atom is 0.356 e. The summed E-state index contributed by atoms with van der Waals surface area (Å²) >= 11 is 1.23. The molecule has 10 heteroatoms. The van der Waals surface area contributed by atoms with Crippen LogP contribution in [0.5, 0.6) is 11.5 Å². The Labute approximate surface area is 194 Å². The molecule has 0 saturated carbocycles. The maximum absolute atomic E-state index is 12.6. The standard InChI is InChI=1S/C23H22N2O7S/c1-31-14-9-7-13(8-10-14)11-16-20(27)19(23(29)30)25-21(28)18(22(25)33-16)24-17(26)12-32-15-5-3-2-4-6-15/h2-10,16,18,22,27H,11-12H2,1H3,(H,24,26)(H,29,30)/t16?,18?,22-/m1/s1. The molecule has 2 aliphatic rings. The van der Waals surface area contributed by atoms with E-state index < -0.39 is 40.1 Å². The van der Waals surface area contributed by atoms with Gasteiger partial charge in [0.2, 0.25) is 0 Å². The van der Waals surface area contributed by atoms with Gasteiger partial charge >= 0.3 is 5.97 Å². The van der Waals surface area contributed by atoms with Gasteiger partial charge in [-0.05, 0) is 36.2 Å². The van der Waals surface area contributed by atoms with Crippen LogP contribution in [0.3, 0.4) is 0 Å². The van der Waals surface area contributed by atoms with E-state index in [9.17, 15) is 24.6 Å². The van der Waals surface area contributed by atoms with Gasteiger partial charge in [0.1, 0.15) is 28.7 Å². The molecule has 0 radical (unpaired) electrons. The highest BCUT2D eigenvalue weighted by Crippen LogP contribution is 2.44. The van der Waals surface area contributed by atoms with Crippen molar-refractivity contribution in [3.05, 3.63) is 71.6 Å². The number of benzene rings is 2. The van der Waals surface area contributed by atoms with Gasteiger partial charge in [-0.25, -0.2) is 4.79 Å². The zero-order chi connectivity index (χ0) is 23.5. The molecule has 2 unspecified atom stereocenters. The molecule has 1 saturated heterocycles. The number of carboxylic acids is 1. The summed E-state index contributed by atoms with van der Waals surface area (Å²) in [6.07, 6.45) is 0.341. The summed E-state index contributed by atoms with van der Waals surface area (Å²) in [4.78, 5) is 37.8. The first-order valence-corrected chi connectivity index (χ1v) is 11.1. The maximum atomic E-state index is 12.6. The Balaban J connectivity index is 1.46. The van der Waals surface area contributed by atoms with Gasteiger partial charge in [0, 0.05) is 0 Å². The Hall–Kier alpha value is -3.66. The van der Waals surface area contributed by atoms with Crippen molar-refractivity contribution in [2.75, 3.05) is 13.7 Å². The van der Waals surface area contributed by atoms with Crippen LogP contribution in [0.1, 0.15) is 5.56 Å². The fourth-order valence-electron chi connectivity index (χ4n) is 3.70. The lowest BCUT2D eigenvalue weighted by atomic mass is 10.0. The second kappa shape index (κ2) is 9.45.